The van der Waals surface area contributed by atoms with Crippen LogP contribution in [-0.2, 0) is 0 Å². The summed E-state index contributed by atoms with van der Waals surface area (Å²) >= 11 is 0. The minimum absolute atomic E-state index is 0.256. The summed E-state index contributed by atoms with van der Waals surface area (Å²) in [5.41, 5.74) is 0.773. The fraction of sp³-hybridized carbons (Fsp3) is 0.727. The molecule has 0 bridgehead atoms. The zero-order valence-corrected chi connectivity index (χ0v) is 18.2. The SMILES string of the molecule is CC(C)c1cnn2c(NCC3CCCCC3)cc(NCC3(O)CCNCC3O)nc12. The lowest BCUT2D eigenvalue weighted by molar-refractivity contribution is -0.0820. The van der Waals surface area contributed by atoms with Gasteiger partial charge in [-0.2, -0.15) is 9.61 Å². The number of anilines is 2. The monoisotopic (exact) mass is 416 g/mol. The van der Waals surface area contributed by atoms with E-state index in [1.165, 1.54) is 32.1 Å². The molecule has 166 valence electrons. The number of aromatic nitrogens is 3. The molecule has 2 unspecified atom stereocenters. The Morgan fingerprint density at radius 3 is 2.80 bits per heavy atom. The van der Waals surface area contributed by atoms with Crippen molar-refractivity contribution in [2.75, 3.05) is 36.8 Å². The molecule has 3 heterocycles. The van der Waals surface area contributed by atoms with Gasteiger partial charge in [0.1, 0.15) is 17.2 Å². The van der Waals surface area contributed by atoms with E-state index in [4.69, 9.17) is 4.98 Å². The Labute approximate surface area is 178 Å². The maximum absolute atomic E-state index is 10.8. The molecule has 2 aromatic heterocycles. The van der Waals surface area contributed by atoms with E-state index in [-0.39, 0.29) is 6.54 Å². The Morgan fingerprint density at radius 2 is 2.07 bits per heavy atom. The third kappa shape index (κ3) is 4.55. The molecular weight excluding hydrogens is 380 g/mol. The molecule has 1 aliphatic heterocycles. The van der Waals surface area contributed by atoms with Crippen LogP contribution in [0.5, 0.6) is 0 Å². The lowest BCUT2D eigenvalue weighted by atomic mass is 9.89. The zero-order valence-electron chi connectivity index (χ0n) is 18.2. The molecule has 0 amide bonds. The summed E-state index contributed by atoms with van der Waals surface area (Å²) in [6, 6.07) is 1.96. The highest BCUT2D eigenvalue weighted by Crippen LogP contribution is 2.27. The molecule has 2 aromatic rings. The van der Waals surface area contributed by atoms with E-state index >= 15 is 0 Å². The average Bonchev–Trinajstić information content (AvgIpc) is 3.18. The van der Waals surface area contributed by atoms with Crippen LogP contribution in [0.15, 0.2) is 12.3 Å². The van der Waals surface area contributed by atoms with Crippen LogP contribution in [0.4, 0.5) is 11.6 Å². The Bertz CT molecular complexity index is 848. The molecule has 2 atom stereocenters. The van der Waals surface area contributed by atoms with Crippen LogP contribution in [0.3, 0.4) is 0 Å². The molecule has 8 heteroatoms. The molecule has 2 fully saturated rings. The molecule has 0 spiro atoms. The number of piperidine rings is 1. The molecule has 5 N–H and O–H groups in total. The van der Waals surface area contributed by atoms with Gasteiger partial charge in [-0.05, 0) is 37.6 Å². The van der Waals surface area contributed by atoms with Crippen LogP contribution in [-0.4, -0.2) is 62.7 Å². The molecule has 1 saturated carbocycles. The van der Waals surface area contributed by atoms with Crippen LogP contribution in [0.1, 0.15) is 63.9 Å². The predicted octanol–water partition coefficient (Wildman–Crippen LogP) is 2.34. The standard InChI is InChI=1S/C22H36N6O2/c1-15(2)17-12-26-28-20(24-11-16-6-4-3-5-7-16)10-19(27-21(17)28)25-14-22(30)8-9-23-13-18(22)29/h10,12,15-16,18,23-24,29-30H,3-9,11,13-14H2,1-2H3,(H,25,27). The van der Waals surface area contributed by atoms with Crippen molar-refractivity contribution in [3.05, 3.63) is 17.8 Å². The van der Waals surface area contributed by atoms with Crippen LogP contribution in [0, 0.1) is 5.92 Å². The summed E-state index contributed by atoms with van der Waals surface area (Å²) < 4.78 is 1.89. The Morgan fingerprint density at radius 1 is 1.27 bits per heavy atom. The van der Waals surface area contributed by atoms with Gasteiger partial charge in [0.25, 0.3) is 0 Å². The molecule has 0 radical (unpaired) electrons. The maximum atomic E-state index is 10.8. The van der Waals surface area contributed by atoms with Crippen molar-refractivity contribution in [1.29, 1.82) is 0 Å². The molecule has 1 aliphatic carbocycles. The van der Waals surface area contributed by atoms with E-state index in [0.29, 0.717) is 37.2 Å². The van der Waals surface area contributed by atoms with Gasteiger partial charge < -0.3 is 26.2 Å². The largest absolute Gasteiger partial charge is 0.389 e. The van der Waals surface area contributed by atoms with E-state index in [9.17, 15) is 10.2 Å². The zero-order chi connectivity index (χ0) is 21.1. The first kappa shape index (κ1) is 21.3. The second-order valence-corrected chi connectivity index (χ2v) is 9.33. The van der Waals surface area contributed by atoms with Crippen molar-refractivity contribution in [2.45, 2.75) is 70.0 Å². The second-order valence-electron chi connectivity index (χ2n) is 9.33. The van der Waals surface area contributed by atoms with Gasteiger partial charge in [-0.1, -0.05) is 33.1 Å². The number of aliphatic hydroxyl groups excluding tert-OH is 1. The number of β-amino-alcohol motifs (C(OH)–C–C–N with tert-alkyl or cyclic N) is 1. The highest BCUT2D eigenvalue weighted by Gasteiger charge is 2.37. The van der Waals surface area contributed by atoms with Crippen LogP contribution in [0.25, 0.3) is 5.65 Å². The van der Waals surface area contributed by atoms with Crippen molar-refractivity contribution in [1.82, 2.24) is 19.9 Å². The van der Waals surface area contributed by atoms with Crippen molar-refractivity contribution in [3.63, 3.8) is 0 Å². The summed E-state index contributed by atoms with van der Waals surface area (Å²) in [5.74, 6) is 2.61. The van der Waals surface area contributed by atoms with Gasteiger partial charge in [0, 0.05) is 31.3 Å². The van der Waals surface area contributed by atoms with Gasteiger partial charge >= 0.3 is 0 Å². The van der Waals surface area contributed by atoms with Gasteiger partial charge in [-0.3, -0.25) is 0 Å². The first-order valence-electron chi connectivity index (χ1n) is 11.4. The predicted molar refractivity (Wildman–Crippen MR) is 119 cm³/mol. The van der Waals surface area contributed by atoms with Crippen LogP contribution < -0.4 is 16.0 Å². The molecule has 30 heavy (non-hydrogen) atoms. The Hall–Kier alpha value is -1.90. The highest BCUT2D eigenvalue weighted by atomic mass is 16.3. The number of aliphatic hydroxyl groups is 2. The summed E-state index contributed by atoms with van der Waals surface area (Å²) in [6.45, 7) is 6.56. The normalized spacial score (nSPS) is 25.7. The third-order valence-corrected chi connectivity index (χ3v) is 6.69. The number of nitrogens with one attached hydrogen (secondary N) is 3. The molecule has 8 nitrogen and oxygen atoms in total. The second kappa shape index (κ2) is 9.08. The van der Waals surface area contributed by atoms with E-state index in [0.717, 1.165) is 23.6 Å². The first-order chi connectivity index (χ1) is 14.5. The summed E-state index contributed by atoms with van der Waals surface area (Å²) in [5, 5.41) is 35.7. The number of hydrogen-bond donors (Lipinski definition) is 5. The molecule has 1 saturated heterocycles. The quantitative estimate of drug-likeness (QED) is 0.472. The van der Waals surface area contributed by atoms with E-state index in [2.05, 4.69) is 34.9 Å². The van der Waals surface area contributed by atoms with Crippen molar-refractivity contribution in [2.24, 2.45) is 5.92 Å². The first-order valence-corrected chi connectivity index (χ1v) is 11.4. The van der Waals surface area contributed by atoms with Crippen LogP contribution >= 0.6 is 0 Å². The minimum atomic E-state index is -1.16. The Kier molecular flexibility index (Phi) is 6.46. The van der Waals surface area contributed by atoms with Gasteiger partial charge in [-0.15, -0.1) is 0 Å². The number of fused-ring (bicyclic) bond motifs is 1. The topological polar surface area (TPSA) is 107 Å². The molecule has 0 aromatic carbocycles. The number of nitrogens with zero attached hydrogens (tertiary/aromatic N) is 3. The van der Waals surface area contributed by atoms with E-state index < -0.39 is 11.7 Å². The fourth-order valence-electron chi connectivity index (χ4n) is 4.59. The number of hydrogen-bond acceptors (Lipinski definition) is 7. The lowest BCUT2D eigenvalue weighted by Crippen LogP contribution is -2.57. The average molecular weight is 417 g/mol. The van der Waals surface area contributed by atoms with Crippen LogP contribution in [0.2, 0.25) is 0 Å². The van der Waals surface area contributed by atoms with E-state index in [1.54, 1.807) is 0 Å². The fourth-order valence-corrected chi connectivity index (χ4v) is 4.59. The van der Waals surface area contributed by atoms with Gasteiger partial charge in [0.15, 0.2) is 5.65 Å². The highest BCUT2D eigenvalue weighted by molar-refractivity contribution is 5.61. The summed E-state index contributed by atoms with van der Waals surface area (Å²) in [4.78, 5) is 4.79. The molecule has 4 rings (SSSR count). The molecular formula is C22H36N6O2. The van der Waals surface area contributed by atoms with Gasteiger partial charge in [0.05, 0.1) is 12.3 Å². The third-order valence-electron chi connectivity index (χ3n) is 6.69. The van der Waals surface area contributed by atoms with Crippen molar-refractivity contribution >= 4 is 17.3 Å². The maximum Gasteiger partial charge on any atom is 0.163 e. The van der Waals surface area contributed by atoms with Gasteiger partial charge in [-0.25, -0.2) is 4.98 Å². The summed E-state index contributed by atoms with van der Waals surface area (Å²) in [7, 11) is 0. The minimum Gasteiger partial charge on any atom is -0.389 e. The van der Waals surface area contributed by atoms with Crippen molar-refractivity contribution in [3.8, 4) is 0 Å². The lowest BCUT2D eigenvalue weighted by Gasteiger charge is -2.37. The van der Waals surface area contributed by atoms with E-state index in [1.807, 2.05) is 16.8 Å². The Balaban J connectivity index is 1.56. The number of rotatable bonds is 7. The summed E-state index contributed by atoms with van der Waals surface area (Å²) in [6.07, 6.45) is 8.15. The van der Waals surface area contributed by atoms with Crippen molar-refractivity contribution < 1.29 is 10.2 Å². The van der Waals surface area contributed by atoms with Gasteiger partial charge in [0.2, 0.25) is 0 Å². The molecule has 2 aliphatic rings. The smallest absolute Gasteiger partial charge is 0.163 e.